The number of amides is 3. The molecule has 0 saturated carbocycles. The molecule has 1 aromatic rings. The molecule has 1 atom stereocenters. The molecule has 1 saturated heterocycles. The summed E-state index contributed by atoms with van der Waals surface area (Å²) in [6.07, 6.45) is 0. The van der Waals surface area contributed by atoms with E-state index in [-0.39, 0.29) is 35.9 Å². The number of nitrogens with one attached hydrogen (secondary N) is 3. The van der Waals surface area contributed by atoms with Gasteiger partial charge in [-0.1, -0.05) is 6.07 Å². The van der Waals surface area contributed by atoms with E-state index < -0.39 is 0 Å². The van der Waals surface area contributed by atoms with Gasteiger partial charge in [0.1, 0.15) is 0 Å². The summed E-state index contributed by atoms with van der Waals surface area (Å²) in [5.74, 6) is 0.00304. The molecule has 7 heteroatoms. The van der Waals surface area contributed by atoms with E-state index in [1.54, 1.807) is 6.07 Å². The van der Waals surface area contributed by atoms with Crippen LogP contribution in [0.5, 0.6) is 0 Å². The number of anilines is 1. The second-order valence-corrected chi connectivity index (χ2v) is 7.41. The first kappa shape index (κ1) is 21.3. The Bertz CT molecular complexity index is 628. The van der Waals surface area contributed by atoms with Gasteiger partial charge in [0.2, 0.25) is 0 Å². The molecular weight excluding hydrogens is 340 g/mol. The van der Waals surface area contributed by atoms with E-state index in [9.17, 15) is 9.59 Å². The van der Waals surface area contributed by atoms with Crippen LogP contribution in [0.15, 0.2) is 18.2 Å². The summed E-state index contributed by atoms with van der Waals surface area (Å²) in [6, 6.07) is 5.33. The van der Waals surface area contributed by atoms with Crippen LogP contribution in [0.4, 0.5) is 10.5 Å². The lowest BCUT2D eigenvalue weighted by Gasteiger charge is -2.34. The first-order valence-electron chi connectivity index (χ1n) is 8.39. The van der Waals surface area contributed by atoms with Gasteiger partial charge in [-0.2, -0.15) is 0 Å². The number of rotatable bonds is 2. The molecule has 0 aromatic heterocycles. The summed E-state index contributed by atoms with van der Waals surface area (Å²) >= 11 is 0. The zero-order valence-corrected chi connectivity index (χ0v) is 16.4. The molecule has 0 spiro atoms. The van der Waals surface area contributed by atoms with Crippen LogP contribution < -0.4 is 16.0 Å². The van der Waals surface area contributed by atoms with Crippen molar-refractivity contribution in [1.82, 2.24) is 15.5 Å². The number of aryl methyl sites for hydroxylation is 1. The van der Waals surface area contributed by atoms with Crippen molar-refractivity contribution in [2.24, 2.45) is 0 Å². The lowest BCUT2D eigenvalue weighted by molar-refractivity contribution is 0.0655. The second kappa shape index (κ2) is 8.54. The highest BCUT2D eigenvalue weighted by Gasteiger charge is 2.24. The lowest BCUT2D eigenvalue weighted by Crippen LogP contribution is -2.52. The zero-order valence-electron chi connectivity index (χ0n) is 15.6. The molecular formula is C18H29ClN4O2. The molecule has 140 valence electrons. The van der Waals surface area contributed by atoms with Crippen LogP contribution in [0.3, 0.4) is 0 Å². The third kappa shape index (κ3) is 5.90. The van der Waals surface area contributed by atoms with E-state index >= 15 is 0 Å². The van der Waals surface area contributed by atoms with Gasteiger partial charge in [-0.05, 0) is 52.3 Å². The number of halogens is 1. The van der Waals surface area contributed by atoms with Crippen molar-refractivity contribution in [2.75, 3.05) is 25.0 Å². The maximum atomic E-state index is 12.8. The highest BCUT2D eigenvalue weighted by atomic mass is 35.5. The van der Waals surface area contributed by atoms with Gasteiger partial charge in [0.05, 0.1) is 0 Å². The number of piperazine rings is 1. The topological polar surface area (TPSA) is 73.5 Å². The summed E-state index contributed by atoms with van der Waals surface area (Å²) in [4.78, 5) is 26.7. The molecule has 1 fully saturated rings. The molecule has 1 aliphatic heterocycles. The molecule has 0 aliphatic carbocycles. The van der Waals surface area contributed by atoms with Gasteiger partial charge < -0.3 is 20.9 Å². The van der Waals surface area contributed by atoms with Crippen LogP contribution in [-0.4, -0.2) is 48.1 Å². The molecule has 0 radical (unpaired) electrons. The normalized spacial score (nSPS) is 17.5. The minimum Gasteiger partial charge on any atom is -0.333 e. The van der Waals surface area contributed by atoms with Crippen LogP contribution in [0, 0.1) is 6.92 Å². The minimum atomic E-state index is -0.318. The van der Waals surface area contributed by atoms with Crippen molar-refractivity contribution in [1.29, 1.82) is 0 Å². The van der Waals surface area contributed by atoms with Gasteiger partial charge in [0.25, 0.3) is 5.91 Å². The molecule has 1 aliphatic rings. The van der Waals surface area contributed by atoms with Crippen LogP contribution in [-0.2, 0) is 0 Å². The third-order valence-corrected chi connectivity index (χ3v) is 3.98. The molecule has 0 unspecified atom stereocenters. The number of urea groups is 1. The van der Waals surface area contributed by atoms with Gasteiger partial charge in [-0.25, -0.2) is 4.79 Å². The Hall–Kier alpha value is -1.79. The lowest BCUT2D eigenvalue weighted by atomic mass is 10.1. The fourth-order valence-corrected chi connectivity index (χ4v) is 2.69. The Kier molecular flexibility index (Phi) is 7.26. The predicted octanol–water partition coefficient (Wildman–Crippen LogP) is 2.77. The summed E-state index contributed by atoms with van der Waals surface area (Å²) in [6.45, 7) is 12.0. The zero-order chi connectivity index (χ0) is 17.9. The quantitative estimate of drug-likeness (QED) is 0.751. The Morgan fingerprint density at radius 2 is 1.96 bits per heavy atom. The molecule has 2 rings (SSSR count). The molecule has 6 nitrogen and oxygen atoms in total. The van der Waals surface area contributed by atoms with E-state index in [1.165, 1.54) is 0 Å². The first-order valence-corrected chi connectivity index (χ1v) is 8.39. The van der Waals surface area contributed by atoms with E-state index in [4.69, 9.17) is 0 Å². The summed E-state index contributed by atoms with van der Waals surface area (Å²) in [5.41, 5.74) is 1.86. The van der Waals surface area contributed by atoms with Crippen molar-refractivity contribution in [3.05, 3.63) is 29.3 Å². The van der Waals surface area contributed by atoms with E-state index in [0.29, 0.717) is 17.8 Å². The summed E-state index contributed by atoms with van der Waals surface area (Å²) in [5, 5.41) is 8.98. The number of nitrogens with zero attached hydrogens (tertiary/aromatic N) is 1. The average molecular weight is 369 g/mol. The van der Waals surface area contributed by atoms with Gasteiger partial charge in [-0.3, -0.25) is 4.79 Å². The average Bonchev–Trinajstić information content (AvgIpc) is 2.47. The molecule has 0 bridgehead atoms. The maximum Gasteiger partial charge on any atom is 0.319 e. The largest absolute Gasteiger partial charge is 0.333 e. The molecule has 3 N–H and O–H groups in total. The first-order chi connectivity index (χ1) is 11.2. The number of carbonyl (C=O) groups excluding carboxylic acids is 2. The van der Waals surface area contributed by atoms with Crippen molar-refractivity contribution in [3.8, 4) is 0 Å². The van der Waals surface area contributed by atoms with Crippen LogP contribution in [0.25, 0.3) is 0 Å². The summed E-state index contributed by atoms with van der Waals surface area (Å²) < 4.78 is 0. The number of benzene rings is 1. The highest BCUT2D eigenvalue weighted by Crippen LogP contribution is 2.19. The Morgan fingerprint density at radius 3 is 2.56 bits per heavy atom. The van der Waals surface area contributed by atoms with Crippen molar-refractivity contribution in [2.45, 2.75) is 46.2 Å². The fourth-order valence-electron chi connectivity index (χ4n) is 2.69. The van der Waals surface area contributed by atoms with Crippen LogP contribution in [0.1, 0.15) is 43.6 Å². The fraction of sp³-hybridized carbons (Fsp3) is 0.556. The van der Waals surface area contributed by atoms with E-state index in [0.717, 1.165) is 18.7 Å². The summed E-state index contributed by atoms with van der Waals surface area (Å²) in [7, 11) is 0. The number of hydrogen-bond donors (Lipinski definition) is 3. The Morgan fingerprint density at radius 1 is 1.28 bits per heavy atom. The van der Waals surface area contributed by atoms with E-state index in [1.807, 2.05) is 51.7 Å². The maximum absolute atomic E-state index is 12.8. The molecule has 1 aromatic carbocycles. The third-order valence-electron chi connectivity index (χ3n) is 3.98. The van der Waals surface area contributed by atoms with Gasteiger partial charge in [0, 0.05) is 42.5 Å². The number of carbonyl (C=O) groups is 2. The minimum absolute atomic E-state index is 0. The van der Waals surface area contributed by atoms with Crippen molar-refractivity contribution >= 4 is 30.0 Å². The molecule has 1 heterocycles. The molecule has 25 heavy (non-hydrogen) atoms. The smallest absolute Gasteiger partial charge is 0.319 e. The Labute approximate surface area is 156 Å². The van der Waals surface area contributed by atoms with E-state index in [2.05, 4.69) is 16.0 Å². The Balaban J connectivity index is 0.00000312. The van der Waals surface area contributed by atoms with Gasteiger partial charge in [0.15, 0.2) is 0 Å². The van der Waals surface area contributed by atoms with Gasteiger partial charge >= 0.3 is 6.03 Å². The van der Waals surface area contributed by atoms with Gasteiger partial charge in [-0.15, -0.1) is 12.4 Å². The number of hydrogen-bond acceptors (Lipinski definition) is 3. The second-order valence-electron chi connectivity index (χ2n) is 7.41. The standard InChI is InChI=1S/C18H28N4O2.ClH/c1-12-6-7-14(16(23)22-9-8-19-11-13(22)2)10-15(12)20-17(24)21-18(3,4)5;/h6-7,10,13,19H,8-9,11H2,1-5H3,(H2,20,21,24);1H/t13-;/m1./s1. The molecule has 3 amide bonds. The predicted molar refractivity (Wildman–Crippen MR) is 104 cm³/mol. The van der Waals surface area contributed by atoms with Crippen molar-refractivity contribution < 1.29 is 9.59 Å². The monoisotopic (exact) mass is 368 g/mol. The van der Waals surface area contributed by atoms with Crippen LogP contribution in [0.2, 0.25) is 0 Å². The van der Waals surface area contributed by atoms with Crippen molar-refractivity contribution in [3.63, 3.8) is 0 Å². The van der Waals surface area contributed by atoms with Crippen LogP contribution >= 0.6 is 12.4 Å². The SMILES string of the molecule is Cc1ccc(C(=O)N2CCNC[C@H]2C)cc1NC(=O)NC(C)(C)C.Cl. The highest BCUT2D eigenvalue weighted by molar-refractivity contribution is 5.97.